The zero-order chi connectivity index (χ0) is 15.7. The highest BCUT2D eigenvalue weighted by Gasteiger charge is 2.70. The van der Waals surface area contributed by atoms with Crippen LogP contribution >= 0.6 is 46.7 Å². The highest BCUT2D eigenvalue weighted by atomic mass is 79.9. The molecular weight excluding hydrogens is 408 g/mol. The molecule has 0 N–H and O–H groups in total. The van der Waals surface area contributed by atoms with Gasteiger partial charge in [0.25, 0.3) is 4.45 Å². The van der Waals surface area contributed by atoms with Crippen molar-refractivity contribution in [2.75, 3.05) is 25.0 Å². The third-order valence-corrected chi connectivity index (χ3v) is 8.35. The summed E-state index contributed by atoms with van der Waals surface area (Å²) in [4.78, 5) is 11.1. The molecule has 2 rings (SSSR count). The largest absolute Gasteiger partial charge is 0.342 e. The molecule has 6 nitrogen and oxygen atoms in total. The summed E-state index contributed by atoms with van der Waals surface area (Å²) in [6, 6.07) is 0. The molecule has 4 unspecified atom stereocenters. The first-order valence-electron chi connectivity index (χ1n) is 6.42. The van der Waals surface area contributed by atoms with E-state index in [1.165, 1.54) is 0 Å². The second-order valence-corrected chi connectivity index (χ2v) is 9.08. The van der Waals surface area contributed by atoms with Crippen molar-refractivity contribution in [1.82, 2.24) is 0 Å². The predicted molar refractivity (Wildman–Crippen MR) is 84.1 cm³/mol. The van der Waals surface area contributed by atoms with Gasteiger partial charge in [0.2, 0.25) is 0 Å². The topological polar surface area (TPSA) is 78.7 Å². The van der Waals surface area contributed by atoms with Gasteiger partial charge in [0.05, 0.1) is 19.1 Å². The van der Waals surface area contributed by atoms with Gasteiger partial charge in [0.15, 0.2) is 0 Å². The van der Waals surface area contributed by atoms with Gasteiger partial charge >= 0.3 is 7.60 Å². The van der Waals surface area contributed by atoms with Crippen molar-refractivity contribution in [3.63, 3.8) is 0 Å². The summed E-state index contributed by atoms with van der Waals surface area (Å²) in [5.41, 5.74) is -0.888. The van der Waals surface area contributed by atoms with E-state index >= 15 is 0 Å². The Morgan fingerprint density at radius 1 is 1.33 bits per heavy atom. The molecule has 10 heteroatoms. The van der Waals surface area contributed by atoms with Crippen LogP contribution in [0.15, 0.2) is 12.2 Å². The first-order valence-corrected chi connectivity index (χ1v) is 9.90. The molecule has 0 aromatic heterocycles. The van der Waals surface area contributed by atoms with Crippen LogP contribution in [0.25, 0.3) is 0 Å². The summed E-state index contributed by atoms with van der Waals surface area (Å²) in [6.07, 6.45) is 4.18. The molecule has 0 spiro atoms. The average Bonchev–Trinajstić information content (AvgIpc) is 3.02. The average molecular weight is 423 g/mol. The van der Waals surface area contributed by atoms with E-state index in [0.717, 1.165) is 0 Å². The maximum Gasteiger partial charge on any atom is 0.342 e. The molecule has 2 aliphatic carbocycles. The summed E-state index contributed by atoms with van der Waals surface area (Å²) in [5.74, 6) is -0.316. The van der Waals surface area contributed by atoms with Crippen LogP contribution in [-0.4, -0.2) is 40.0 Å². The van der Waals surface area contributed by atoms with Crippen LogP contribution in [0.2, 0.25) is 0 Å². The van der Waals surface area contributed by atoms with Crippen molar-refractivity contribution >= 4 is 46.7 Å². The number of hydrogen-bond donors (Lipinski definition) is 0. The monoisotopic (exact) mass is 421 g/mol. The third-order valence-electron chi connectivity index (χ3n) is 3.77. The molecule has 0 amide bonds. The van der Waals surface area contributed by atoms with Gasteiger partial charge in [-0.25, -0.2) is 0 Å². The van der Waals surface area contributed by atoms with Crippen LogP contribution in [0.4, 0.5) is 0 Å². The van der Waals surface area contributed by atoms with Crippen LogP contribution in [0, 0.1) is 22.0 Å². The van der Waals surface area contributed by atoms with Crippen LogP contribution in [-0.2, 0) is 13.6 Å². The molecule has 2 aliphatic rings. The van der Waals surface area contributed by atoms with E-state index < -0.39 is 22.6 Å². The number of nitro groups is 1. The fourth-order valence-electron chi connectivity index (χ4n) is 3.00. The minimum absolute atomic E-state index is 0.000482. The summed E-state index contributed by atoms with van der Waals surface area (Å²) in [5, 5.41) is 11.6. The lowest BCUT2D eigenvalue weighted by Gasteiger charge is -2.33. The fourth-order valence-corrected chi connectivity index (χ4v) is 7.31. The smallest absolute Gasteiger partial charge is 0.307 e. The molecule has 4 atom stereocenters. The highest BCUT2D eigenvalue weighted by Crippen LogP contribution is 2.69. The van der Waals surface area contributed by atoms with Crippen molar-refractivity contribution < 1.29 is 18.5 Å². The number of rotatable bonds is 8. The van der Waals surface area contributed by atoms with E-state index in [1.807, 2.05) is 6.08 Å². The molecule has 0 aromatic carbocycles. The van der Waals surface area contributed by atoms with Crippen LogP contribution < -0.4 is 0 Å². The van der Waals surface area contributed by atoms with Gasteiger partial charge in [-0.3, -0.25) is 14.7 Å². The van der Waals surface area contributed by atoms with Gasteiger partial charge in [0, 0.05) is 32.6 Å². The van der Waals surface area contributed by atoms with Gasteiger partial charge in [-0.1, -0.05) is 12.2 Å². The van der Waals surface area contributed by atoms with Crippen molar-refractivity contribution in [2.45, 2.75) is 16.5 Å². The van der Waals surface area contributed by atoms with Crippen LogP contribution in [0.1, 0.15) is 6.42 Å². The Morgan fingerprint density at radius 3 is 2.38 bits per heavy atom. The number of allylic oxidation sites excluding steroid dienone is 1. The zero-order valence-electron chi connectivity index (χ0n) is 11.0. The van der Waals surface area contributed by atoms with Crippen molar-refractivity contribution in [3.05, 3.63) is 22.3 Å². The second kappa shape index (κ2) is 6.85. The Morgan fingerprint density at radius 2 is 1.90 bits per heavy atom. The van der Waals surface area contributed by atoms with E-state index in [9.17, 15) is 14.7 Å². The lowest BCUT2D eigenvalue weighted by molar-refractivity contribution is -0.539. The maximum atomic E-state index is 13.1. The number of fused-ring (bicyclic) bond motifs is 2. The van der Waals surface area contributed by atoms with Crippen LogP contribution in [0.5, 0.6) is 0 Å². The van der Waals surface area contributed by atoms with Crippen molar-refractivity contribution in [3.8, 4) is 0 Å². The molecule has 120 valence electrons. The maximum absolute atomic E-state index is 13.1. The Hall–Kier alpha value is 0.350. The minimum atomic E-state index is -3.73. The standard InChI is InChI=1S/C11H15BrCl2NO5P/c12-11(15(16)17)9-2-1-8(7-9)10(11)21(18,19-5-3-13)20-6-4-14/h1-2,8-10H,3-7H2. The Bertz CT molecular complexity index is 481. The molecule has 0 aromatic rings. The molecule has 0 aliphatic heterocycles. The minimum Gasteiger partial charge on any atom is -0.307 e. The first-order chi connectivity index (χ1) is 9.90. The summed E-state index contributed by atoms with van der Waals surface area (Å²) in [6.45, 7) is -0.000964. The molecule has 0 radical (unpaired) electrons. The van der Waals surface area contributed by atoms with E-state index in [-0.39, 0.29) is 36.8 Å². The Kier molecular flexibility index (Phi) is 5.77. The normalized spacial score (nSPS) is 34.5. The molecule has 2 bridgehead atoms. The number of nitrogens with zero attached hydrogens (tertiary/aromatic N) is 1. The van der Waals surface area contributed by atoms with Gasteiger partial charge in [0.1, 0.15) is 5.66 Å². The number of alkyl halides is 3. The molecule has 1 fully saturated rings. The second-order valence-electron chi connectivity index (χ2n) is 4.90. The molecular formula is C11H15BrCl2NO5P. The zero-order valence-corrected chi connectivity index (χ0v) is 15.0. The highest BCUT2D eigenvalue weighted by molar-refractivity contribution is 9.10. The van der Waals surface area contributed by atoms with Gasteiger partial charge < -0.3 is 9.05 Å². The van der Waals surface area contributed by atoms with E-state index in [4.69, 9.17) is 32.2 Å². The van der Waals surface area contributed by atoms with Crippen molar-refractivity contribution in [2.24, 2.45) is 11.8 Å². The van der Waals surface area contributed by atoms with Crippen LogP contribution in [0.3, 0.4) is 0 Å². The summed E-state index contributed by atoms with van der Waals surface area (Å²) < 4.78 is 22.2. The number of halogens is 3. The SMILES string of the molecule is O=[N+]([O-])C1(Br)C2C=CC(C2)C1P(=O)(OCCCl)OCCCl. The number of hydrogen-bond acceptors (Lipinski definition) is 5. The lowest BCUT2D eigenvalue weighted by atomic mass is 10.0. The quantitative estimate of drug-likeness (QED) is 0.149. The Labute approximate surface area is 141 Å². The predicted octanol–water partition coefficient (Wildman–Crippen LogP) is 3.63. The Balaban J connectivity index is 2.35. The molecule has 0 heterocycles. The van der Waals surface area contributed by atoms with Gasteiger partial charge in [-0.2, -0.15) is 0 Å². The lowest BCUT2D eigenvalue weighted by Crippen LogP contribution is -2.47. The van der Waals surface area contributed by atoms with Gasteiger partial charge in [-0.05, 0) is 12.3 Å². The van der Waals surface area contributed by atoms with E-state index in [1.54, 1.807) is 6.08 Å². The molecule has 0 saturated heterocycles. The third kappa shape index (κ3) is 3.06. The summed E-state index contributed by atoms with van der Waals surface area (Å²) in [7, 11) is -3.73. The van der Waals surface area contributed by atoms with E-state index in [0.29, 0.717) is 6.42 Å². The summed E-state index contributed by atoms with van der Waals surface area (Å²) >= 11 is 14.4. The molecule has 1 saturated carbocycles. The van der Waals surface area contributed by atoms with Crippen molar-refractivity contribution in [1.29, 1.82) is 0 Å². The van der Waals surface area contributed by atoms with Gasteiger partial charge in [-0.15, -0.1) is 23.2 Å². The van der Waals surface area contributed by atoms with E-state index in [2.05, 4.69) is 15.9 Å². The molecule has 21 heavy (non-hydrogen) atoms. The fraction of sp³-hybridized carbons (Fsp3) is 0.818. The first kappa shape index (κ1) is 17.7.